The maximum absolute atomic E-state index is 13.3. The van der Waals surface area contributed by atoms with Crippen molar-refractivity contribution in [3.63, 3.8) is 0 Å². The maximum Gasteiger partial charge on any atom is 0.430 e. The number of carbonyl (C=O) groups is 4. The molecule has 12 nitrogen and oxygen atoms in total. The van der Waals surface area contributed by atoms with Gasteiger partial charge in [0.15, 0.2) is 0 Å². The molecule has 0 spiro atoms. The molecule has 0 radical (unpaired) electrons. The zero-order valence-corrected chi connectivity index (χ0v) is 22.4. The number of hydrogen-bond acceptors (Lipinski definition) is 9. The first-order valence-corrected chi connectivity index (χ1v) is 12.2. The summed E-state index contributed by atoms with van der Waals surface area (Å²) in [7, 11) is 0. The maximum atomic E-state index is 13.3. The van der Waals surface area contributed by atoms with E-state index in [1.54, 1.807) is 24.5 Å². The average Bonchev–Trinajstić information content (AvgIpc) is 3.19. The Morgan fingerprint density at radius 1 is 1.15 bits per heavy atom. The number of aliphatic carboxylic acids is 1. The minimum absolute atomic E-state index is 0.00290. The Hall–Kier alpha value is -4.40. The van der Waals surface area contributed by atoms with Gasteiger partial charge in [-0.1, -0.05) is 12.1 Å². The van der Waals surface area contributed by atoms with E-state index in [2.05, 4.69) is 10.3 Å². The highest BCUT2D eigenvalue weighted by Crippen LogP contribution is 2.37. The molecule has 3 N–H and O–H groups in total. The Kier molecular flexibility index (Phi) is 11.0. The van der Waals surface area contributed by atoms with Crippen LogP contribution in [0.3, 0.4) is 0 Å². The van der Waals surface area contributed by atoms with Crippen LogP contribution in [0.5, 0.6) is 5.75 Å². The summed E-state index contributed by atoms with van der Waals surface area (Å²) in [5.41, 5.74) is 4.34. The van der Waals surface area contributed by atoms with Crippen LogP contribution in [-0.2, 0) is 26.4 Å². The first-order chi connectivity index (χ1) is 19.1. The van der Waals surface area contributed by atoms with Crippen LogP contribution < -0.4 is 25.7 Å². The number of carbonyl (C=O) groups excluding carboxylic acids is 4. The molecule has 1 aliphatic heterocycles. The number of benzene rings is 1. The van der Waals surface area contributed by atoms with Crippen molar-refractivity contribution in [3.8, 4) is 5.75 Å². The zero-order chi connectivity index (χ0) is 31.0. The van der Waals surface area contributed by atoms with Crippen molar-refractivity contribution in [1.82, 2.24) is 20.7 Å². The lowest BCUT2D eigenvalue weighted by Gasteiger charge is -2.29. The first-order valence-electron chi connectivity index (χ1n) is 12.2. The number of rotatable bonds is 9. The molecule has 1 aliphatic rings. The van der Waals surface area contributed by atoms with E-state index < -0.39 is 35.6 Å². The van der Waals surface area contributed by atoms with Crippen molar-refractivity contribution in [1.29, 1.82) is 0 Å². The van der Waals surface area contributed by atoms with Gasteiger partial charge in [-0.15, -0.1) is 0 Å². The predicted molar refractivity (Wildman–Crippen MR) is 131 cm³/mol. The number of halogens is 3. The van der Waals surface area contributed by atoms with Crippen LogP contribution in [0.1, 0.15) is 42.3 Å². The van der Waals surface area contributed by atoms with E-state index >= 15 is 0 Å². The van der Waals surface area contributed by atoms with E-state index in [-0.39, 0.29) is 25.4 Å². The number of ether oxygens (including phenoxy) is 1. The Labute approximate surface area is 233 Å². The van der Waals surface area contributed by atoms with Gasteiger partial charge in [-0.05, 0) is 69.0 Å². The van der Waals surface area contributed by atoms with Gasteiger partial charge in [-0.3, -0.25) is 19.8 Å². The van der Waals surface area contributed by atoms with Crippen LogP contribution in [0, 0.1) is 13.8 Å². The number of hydrogen-bond donors (Lipinski definition) is 3. The van der Waals surface area contributed by atoms with Gasteiger partial charge in [-0.2, -0.15) is 13.2 Å². The lowest BCUT2D eigenvalue weighted by molar-refractivity contribution is -0.344. The molecule has 2 atom stereocenters. The fraction of sp³-hybridized carbons (Fsp3) is 0.423. The third-order valence-corrected chi connectivity index (χ3v) is 6.33. The monoisotopic (exact) mass is 582 g/mol. The molecule has 1 aromatic heterocycles. The number of hydroxylamine groups is 1. The van der Waals surface area contributed by atoms with Crippen molar-refractivity contribution < 1.29 is 52.5 Å². The fourth-order valence-corrected chi connectivity index (χ4v) is 4.34. The SMILES string of the molecule is Cc1cc(COc2ccc(C3(C)CCN(C(CCNC(=O)[O-])C(=O)NO)C3=O)cc2)cc(C)n1.O=C([O-])C(F)(F)F. The molecule has 2 heterocycles. The van der Waals surface area contributed by atoms with Crippen LogP contribution in [-0.4, -0.2) is 64.3 Å². The van der Waals surface area contributed by atoms with Crippen LogP contribution >= 0.6 is 0 Å². The Bertz CT molecular complexity index is 1240. The number of nitrogens with zero attached hydrogens (tertiary/aromatic N) is 2. The van der Waals surface area contributed by atoms with Gasteiger partial charge in [0.1, 0.15) is 30.5 Å². The predicted octanol–water partition coefficient (Wildman–Crippen LogP) is 0.263. The van der Waals surface area contributed by atoms with E-state index in [1.807, 2.05) is 38.1 Å². The second-order valence-corrected chi connectivity index (χ2v) is 9.43. The van der Waals surface area contributed by atoms with Crippen molar-refractivity contribution in [2.24, 2.45) is 0 Å². The molecular weight excluding hydrogens is 553 g/mol. The number of carboxylic acids is 1. The summed E-state index contributed by atoms with van der Waals surface area (Å²) in [6, 6.07) is 10.2. The smallest absolute Gasteiger partial charge is 0.430 e. The van der Waals surface area contributed by atoms with Gasteiger partial charge in [0.2, 0.25) is 5.91 Å². The van der Waals surface area contributed by atoms with E-state index in [9.17, 15) is 32.7 Å². The normalized spacial score (nSPS) is 17.2. The van der Waals surface area contributed by atoms with Gasteiger partial charge >= 0.3 is 6.18 Å². The molecule has 1 aromatic carbocycles. The third kappa shape index (κ3) is 9.06. The van der Waals surface area contributed by atoms with E-state index in [0.29, 0.717) is 18.8 Å². The minimum Gasteiger partial charge on any atom is -0.542 e. The quantitative estimate of drug-likeness (QED) is 0.276. The highest BCUT2D eigenvalue weighted by atomic mass is 19.4. The summed E-state index contributed by atoms with van der Waals surface area (Å²) >= 11 is 0. The van der Waals surface area contributed by atoms with Crippen molar-refractivity contribution >= 4 is 23.9 Å². The number of likely N-dealkylation sites (tertiary alicyclic amines) is 1. The molecule has 3 amide bonds. The molecule has 15 heteroatoms. The van der Waals surface area contributed by atoms with Gasteiger partial charge in [-0.25, -0.2) is 5.48 Å². The van der Waals surface area contributed by atoms with Crippen molar-refractivity contribution in [2.75, 3.05) is 13.1 Å². The zero-order valence-electron chi connectivity index (χ0n) is 22.4. The first kappa shape index (κ1) is 32.8. The molecule has 41 heavy (non-hydrogen) atoms. The number of carboxylic acid groups (broad SMARTS) is 2. The standard InChI is InChI=1S/C24H30N4O6.C2HF3O2/c1-15-12-17(13-16(2)26-15)14-34-19-6-4-18(5-7-19)24(3)9-11-28(22(24)30)20(21(29)27-33)8-10-25-23(31)32;3-2(4,5)1(6)7/h4-7,12-13,20,25,33H,8-11,14H2,1-3H3,(H,27,29)(H,31,32);(H,6,7)/p-2. The molecule has 0 saturated carbocycles. The van der Waals surface area contributed by atoms with Crippen LogP contribution in [0.4, 0.5) is 18.0 Å². The summed E-state index contributed by atoms with van der Waals surface area (Å²) in [6.45, 7) is 6.26. The highest BCUT2D eigenvalue weighted by molar-refractivity contribution is 5.94. The lowest BCUT2D eigenvalue weighted by Crippen LogP contribution is -2.50. The molecule has 0 bridgehead atoms. The topological polar surface area (TPSA) is 184 Å². The van der Waals surface area contributed by atoms with Gasteiger partial charge in [0, 0.05) is 24.5 Å². The number of alkyl halides is 3. The number of aryl methyl sites for hydroxylation is 2. The number of pyridine rings is 1. The average molecular weight is 583 g/mol. The molecule has 224 valence electrons. The highest BCUT2D eigenvalue weighted by Gasteiger charge is 2.47. The van der Waals surface area contributed by atoms with E-state index in [4.69, 9.17) is 19.8 Å². The van der Waals surface area contributed by atoms with Gasteiger partial charge in [0.25, 0.3) is 5.91 Å². The summed E-state index contributed by atoms with van der Waals surface area (Å²) < 4.78 is 37.4. The molecule has 0 aliphatic carbocycles. The van der Waals surface area contributed by atoms with Crippen LogP contribution in [0.15, 0.2) is 36.4 Å². The largest absolute Gasteiger partial charge is 0.542 e. The number of aromatic nitrogens is 1. The van der Waals surface area contributed by atoms with Crippen molar-refractivity contribution in [2.45, 2.75) is 57.9 Å². The van der Waals surface area contributed by atoms with E-state index in [0.717, 1.165) is 22.5 Å². The fourth-order valence-electron chi connectivity index (χ4n) is 4.34. The summed E-state index contributed by atoms with van der Waals surface area (Å²) in [6.07, 6.45) is -6.20. The lowest BCUT2D eigenvalue weighted by atomic mass is 9.81. The Balaban J connectivity index is 0.000000745. The van der Waals surface area contributed by atoms with E-state index in [1.165, 1.54) is 4.90 Å². The molecule has 2 unspecified atom stereocenters. The van der Waals surface area contributed by atoms with Crippen LogP contribution in [0.25, 0.3) is 0 Å². The van der Waals surface area contributed by atoms with Crippen LogP contribution in [0.2, 0.25) is 0 Å². The molecular formula is C26H29F3N4O8-2. The summed E-state index contributed by atoms with van der Waals surface area (Å²) in [5, 5.41) is 30.6. The van der Waals surface area contributed by atoms with Crippen molar-refractivity contribution in [3.05, 3.63) is 58.9 Å². The summed E-state index contributed by atoms with van der Waals surface area (Å²) in [4.78, 5) is 50.6. The second kappa shape index (κ2) is 13.8. The number of amides is 3. The van der Waals surface area contributed by atoms with Gasteiger partial charge < -0.3 is 34.8 Å². The summed E-state index contributed by atoms with van der Waals surface area (Å²) in [5.74, 6) is -3.39. The molecule has 1 saturated heterocycles. The Morgan fingerprint density at radius 2 is 1.71 bits per heavy atom. The van der Waals surface area contributed by atoms with Gasteiger partial charge in [0.05, 0.1) is 5.41 Å². The number of nitrogens with one attached hydrogen (secondary N) is 2. The second-order valence-electron chi connectivity index (χ2n) is 9.43. The Morgan fingerprint density at radius 3 is 2.20 bits per heavy atom. The molecule has 2 aromatic rings. The minimum atomic E-state index is -5.19. The molecule has 1 fully saturated rings. The third-order valence-electron chi connectivity index (χ3n) is 6.33. The molecule has 3 rings (SSSR count).